The number of nitrogens with one attached hydrogen (secondary N) is 2. The first-order valence-corrected chi connectivity index (χ1v) is 11.2. The molecule has 3 rings (SSSR count). The first kappa shape index (κ1) is 27.2. The van der Waals surface area contributed by atoms with Crippen LogP contribution in [0.4, 0.5) is 0 Å². The summed E-state index contributed by atoms with van der Waals surface area (Å²) in [6, 6.07) is 6.22. The number of aryl methyl sites for hydroxylation is 1. The molecule has 1 saturated heterocycles. The fourth-order valence-electron chi connectivity index (χ4n) is 3.78. The van der Waals surface area contributed by atoms with Crippen LogP contribution in [0.2, 0.25) is 0 Å². The maximum Gasteiger partial charge on any atom is 0.191 e. The number of methoxy groups -OCH3 is 2. The van der Waals surface area contributed by atoms with E-state index in [1.54, 1.807) is 14.2 Å². The fraction of sp³-hybridized carbons (Fsp3) is 0.565. The normalized spacial score (nSPS) is 15.5. The lowest BCUT2D eigenvalue weighted by Crippen LogP contribution is -2.42. The molecule has 0 aliphatic carbocycles. The Hall–Kier alpha value is -2.05. The minimum atomic E-state index is 0. The van der Waals surface area contributed by atoms with Gasteiger partial charge in [-0.1, -0.05) is 6.07 Å². The summed E-state index contributed by atoms with van der Waals surface area (Å²) in [6.07, 6.45) is 3.91. The van der Waals surface area contributed by atoms with Crippen molar-refractivity contribution in [2.45, 2.75) is 26.4 Å². The number of aliphatic imine (C=N–C) groups is 1. The van der Waals surface area contributed by atoms with Crippen molar-refractivity contribution in [1.29, 1.82) is 0 Å². The number of rotatable bonds is 10. The molecule has 1 aromatic carbocycles. The number of nitrogens with zero attached hydrogens (tertiary/aromatic N) is 4. The smallest absolute Gasteiger partial charge is 0.191 e. The molecular weight excluding hydrogens is 535 g/mol. The molecule has 184 valence electrons. The average molecular weight is 572 g/mol. The molecule has 0 spiro atoms. The van der Waals surface area contributed by atoms with Gasteiger partial charge < -0.3 is 24.8 Å². The van der Waals surface area contributed by atoms with Crippen molar-refractivity contribution in [3.05, 3.63) is 41.7 Å². The van der Waals surface area contributed by atoms with Gasteiger partial charge in [-0.15, -0.1) is 24.0 Å². The summed E-state index contributed by atoms with van der Waals surface area (Å²) in [5, 5.41) is 11.1. The van der Waals surface area contributed by atoms with Crippen LogP contribution in [0, 0.1) is 6.92 Å². The van der Waals surface area contributed by atoms with Crippen LogP contribution >= 0.6 is 24.0 Å². The van der Waals surface area contributed by atoms with E-state index >= 15 is 0 Å². The SMILES string of the molecule is CCNC(=NCC(c1ccc(OC)c(OC)c1)N1CCOCC1)NCCn1cc(C)cn1.I. The Labute approximate surface area is 213 Å². The quantitative estimate of drug-likeness (QED) is 0.257. The number of hydrogen-bond acceptors (Lipinski definition) is 6. The molecule has 0 amide bonds. The van der Waals surface area contributed by atoms with Crippen LogP contribution in [0.1, 0.15) is 24.1 Å². The van der Waals surface area contributed by atoms with Gasteiger partial charge >= 0.3 is 0 Å². The van der Waals surface area contributed by atoms with Gasteiger partial charge in [0.2, 0.25) is 0 Å². The first-order valence-electron chi connectivity index (χ1n) is 11.2. The molecule has 0 bridgehead atoms. The lowest BCUT2D eigenvalue weighted by molar-refractivity contribution is 0.0179. The highest BCUT2D eigenvalue weighted by Gasteiger charge is 2.24. The zero-order valence-corrected chi connectivity index (χ0v) is 22.4. The molecule has 0 radical (unpaired) electrons. The second kappa shape index (κ2) is 14.3. The number of benzene rings is 1. The van der Waals surface area contributed by atoms with E-state index in [0.29, 0.717) is 6.54 Å². The predicted molar refractivity (Wildman–Crippen MR) is 141 cm³/mol. The Morgan fingerprint density at radius 2 is 1.94 bits per heavy atom. The summed E-state index contributed by atoms with van der Waals surface area (Å²) in [4.78, 5) is 7.33. The number of halogens is 1. The highest BCUT2D eigenvalue weighted by molar-refractivity contribution is 14.0. The van der Waals surface area contributed by atoms with Gasteiger partial charge in [-0.3, -0.25) is 14.6 Å². The molecule has 1 fully saturated rings. The van der Waals surface area contributed by atoms with E-state index in [9.17, 15) is 0 Å². The lowest BCUT2D eigenvalue weighted by Gasteiger charge is -2.34. The average Bonchev–Trinajstić information content (AvgIpc) is 3.24. The minimum Gasteiger partial charge on any atom is -0.493 e. The molecule has 1 aliphatic rings. The molecule has 1 unspecified atom stereocenters. The molecule has 2 heterocycles. The van der Waals surface area contributed by atoms with Crippen molar-refractivity contribution in [1.82, 2.24) is 25.3 Å². The molecule has 10 heteroatoms. The summed E-state index contributed by atoms with van der Waals surface area (Å²) in [6.45, 7) is 10.3. The summed E-state index contributed by atoms with van der Waals surface area (Å²) in [5.74, 6) is 2.26. The van der Waals surface area contributed by atoms with Crippen molar-refractivity contribution in [3.8, 4) is 11.5 Å². The Kier molecular flexibility index (Phi) is 11.8. The van der Waals surface area contributed by atoms with Crippen LogP contribution in [0.5, 0.6) is 11.5 Å². The molecule has 9 nitrogen and oxygen atoms in total. The zero-order chi connectivity index (χ0) is 22.8. The van der Waals surface area contributed by atoms with Crippen LogP contribution in [-0.4, -0.2) is 80.8 Å². The molecule has 1 aromatic heterocycles. The molecular formula is C23H37IN6O3. The Morgan fingerprint density at radius 3 is 2.58 bits per heavy atom. The van der Waals surface area contributed by atoms with Crippen LogP contribution in [0.25, 0.3) is 0 Å². The topological polar surface area (TPSA) is 85.2 Å². The highest BCUT2D eigenvalue weighted by Crippen LogP contribution is 2.32. The van der Waals surface area contributed by atoms with Gasteiger partial charge in [0.25, 0.3) is 0 Å². The number of morpholine rings is 1. The van der Waals surface area contributed by atoms with Gasteiger partial charge in [-0.2, -0.15) is 5.10 Å². The van der Waals surface area contributed by atoms with Crippen molar-refractivity contribution >= 4 is 29.9 Å². The first-order chi connectivity index (χ1) is 15.6. The lowest BCUT2D eigenvalue weighted by atomic mass is 10.0. The van der Waals surface area contributed by atoms with Crippen molar-refractivity contribution in [3.63, 3.8) is 0 Å². The van der Waals surface area contributed by atoms with Gasteiger partial charge in [-0.05, 0) is 37.1 Å². The van der Waals surface area contributed by atoms with E-state index in [0.717, 1.165) is 74.5 Å². The summed E-state index contributed by atoms with van der Waals surface area (Å²) < 4.78 is 18.5. The van der Waals surface area contributed by atoms with Crippen molar-refractivity contribution in [2.24, 2.45) is 4.99 Å². The largest absolute Gasteiger partial charge is 0.493 e. The monoisotopic (exact) mass is 572 g/mol. The van der Waals surface area contributed by atoms with E-state index in [2.05, 4.69) is 39.7 Å². The van der Waals surface area contributed by atoms with Crippen LogP contribution in [-0.2, 0) is 11.3 Å². The third-order valence-electron chi connectivity index (χ3n) is 5.44. The molecule has 0 saturated carbocycles. The fourth-order valence-corrected chi connectivity index (χ4v) is 3.78. The van der Waals surface area contributed by atoms with E-state index in [1.165, 1.54) is 0 Å². The van der Waals surface area contributed by atoms with Gasteiger partial charge in [-0.25, -0.2) is 0 Å². The molecule has 33 heavy (non-hydrogen) atoms. The van der Waals surface area contributed by atoms with Crippen LogP contribution in [0.15, 0.2) is 35.6 Å². The maximum absolute atomic E-state index is 5.57. The number of hydrogen-bond donors (Lipinski definition) is 2. The van der Waals surface area contributed by atoms with E-state index < -0.39 is 0 Å². The Bertz CT molecular complexity index is 870. The number of guanidine groups is 1. The Balaban J connectivity index is 0.00000385. The van der Waals surface area contributed by atoms with Gasteiger partial charge in [0.05, 0.1) is 52.8 Å². The molecule has 2 N–H and O–H groups in total. The predicted octanol–water partition coefficient (Wildman–Crippen LogP) is 2.46. The number of ether oxygens (including phenoxy) is 3. The molecule has 1 atom stereocenters. The third-order valence-corrected chi connectivity index (χ3v) is 5.44. The Morgan fingerprint density at radius 1 is 1.18 bits per heavy atom. The summed E-state index contributed by atoms with van der Waals surface area (Å²) in [7, 11) is 3.32. The third kappa shape index (κ3) is 8.04. The van der Waals surface area contributed by atoms with Gasteiger partial charge in [0, 0.05) is 32.4 Å². The maximum atomic E-state index is 5.57. The van der Waals surface area contributed by atoms with Crippen LogP contribution < -0.4 is 20.1 Å². The van der Waals surface area contributed by atoms with Crippen LogP contribution in [0.3, 0.4) is 0 Å². The minimum absolute atomic E-state index is 0. The van der Waals surface area contributed by atoms with Crippen molar-refractivity contribution < 1.29 is 14.2 Å². The summed E-state index contributed by atoms with van der Waals surface area (Å²) >= 11 is 0. The second-order valence-corrected chi connectivity index (χ2v) is 7.71. The van der Waals surface area contributed by atoms with E-state index in [1.807, 2.05) is 30.1 Å². The standard InChI is InChI=1S/C23H36N6O3.HI/c1-5-24-23(25-8-9-29-17-18(2)15-27-29)26-16-20(28-10-12-32-13-11-28)19-6-7-21(30-3)22(14-19)31-4;/h6-7,14-15,17,20H,5,8-13,16H2,1-4H3,(H2,24,25,26);1H. The van der Waals surface area contributed by atoms with Gasteiger partial charge in [0.1, 0.15) is 0 Å². The number of aromatic nitrogens is 2. The summed E-state index contributed by atoms with van der Waals surface area (Å²) in [5.41, 5.74) is 2.31. The van der Waals surface area contributed by atoms with Crippen molar-refractivity contribution in [2.75, 3.05) is 60.2 Å². The highest BCUT2D eigenvalue weighted by atomic mass is 127. The van der Waals surface area contributed by atoms with E-state index in [-0.39, 0.29) is 30.0 Å². The van der Waals surface area contributed by atoms with Gasteiger partial charge in [0.15, 0.2) is 17.5 Å². The van der Waals surface area contributed by atoms with E-state index in [4.69, 9.17) is 19.2 Å². The molecule has 1 aliphatic heterocycles. The zero-order valence-electron chi connectivity index (χ0n) is 20.0. The molecule has 2 aromatic rings. The second-order valence-electron chi connectivity index (χ2n) is 7.71.